The monoisotopic (exact) mass is 407 g/mol. The Bertz CT molecular complexity index is 1020. The molecule has 1 heterocycles. The Hall–Kier alpha value is -2.33. The largest absolute Gasteiger partial charge is 0.489 e. The summed E-state index contributed by atoms with van der Waals surface area (Å²) >= 11 is 6.00. The van der Waals surface area contributed by atoms with Crippen LogP contribution in [0.3, 0.4) is 0 Å². The van der Waals surface area contributed by atoms with Gasteiger partial charge in [-0.3, -0.25) is 4.90 Å². The molecular weight excluding hydrogens is 382 g/mol. The smallest absolute Gasteiger partial charge is 0.120 e. The lowest BCUT2D eigenvalue weighted by Gasteiger charge is -2.29. The van der Waals surface area contributed by atoms with Crippen molar-refractivity contribution in [1.82, 2.24) is 4.90 Å². The molecule has 3 nitrogen and oxygen atoms in total. The van der Waals surface area contributed by atoms with Gasteiger partial charge in [-0.15, -0.1) is 0 Å². The summed E-state index contributed by atoms with van der Waals surface area (Å²) in [4.78, 5) is 2.28. The first-order valence-corrected chi connectivity index (χ1v) is 10.3. The first-order chi connectivity index (χ1) is 14.1. The van der Waals surface area contributed by atoms with Gasteiger partial charge in [0.1, 0.15) is 18.0 Å². The molecule has 1 unspecified atom stereocenters. The topological polar surface area (TPSA) is 21.7 Å². The molecule has 0 amide bonds. The number of nitrogens with zero attached hydrogens (tertiary/aromatic N) is 1. The second kappa shape index (κ2) is 8.58. The SMILES string of the molecule is C=C(Cl)CN1CCC(OC)(c2cccc(OCc3ccc4ccccc4c3)c2)C1. The van der Waals surface area contributed by atoms with Crippen LogP contribution in [0.5, 0.6) is 5.75 Å². The van der Waals surface area contributed by atoms with E-state index in [1.165, 1.54) is 10.8 Å². The van der Waals surface area contributed by atoms with Crippen molar-refractivity contribution in [1.29, 1.82) is 0 Å². The maximum absolute atomic E-state index is 6.12. The molecule has 0 saturated carbocycles. The zero-order chi connectivity index (χ0) is 20.3. The van der Waals surface area contributed by atoms with Crippen molar-refractivity contribution in [2.24, 2.45) is 0 Å². The maximum Gasteiger partial charge on any atom is 0.120 e. The predicted molar refractivity (Wildman–Crippen MR) is 119 cm³/mol. The molecule has 1 aliphatic heterocycles. The Labute approximate surface area is 177 Å². The molecule has 0 radical (unpaired) electrons. The molecule has 3 aromatic rings. The van der Waals surface area contributed by atoms with Gasteiger partial charge in [0.15, 0.2) is 0 Å². The number of hydrogen-bond acceptors (Lipinski definition) is 3. The number of rotatable bonds is 7. The average Bonchev–Trinajstić information content (AvgIpc) is 3.16. The Morgan fingerprint density at radius 3 is 2.69 bits per heavy atom. The molecule has 4 heteroatoms. The van der Waals surface area contributed by atoms with Gasteiger partial charge in [-0.25, -0.2) is 0 Å². The van der Waals surface area contributed by atoms with E-state index in [0.29, 0.717) is 18.2 Å². The van der Waals surface area contributed by atoms with Crippen molar-refractivity contribution in [3.63, 3.8) is 0 Å². The van der Waals surface area contributed by atoms with Gasteiger partial charge in [0.05, 0.1) is 0 Å². The highest BCUT2D eigenvalue weighted by Gasteiger charge is 2.40. The minimum absolute atomic E-state index is 0.339. The number of hydrogen-bond donors (Lipinski definition) is 0. The first kappa shape index (κ1) is 20.0. The van der Waals surface area contributed by atoms with Gasteiger partial charge in [0.2, 0.25) is 0 Å². The molecule has 0 bridgehead atoms. The van der Waals surface area contributed by atoms with E-state index in [1.807, 2.05) is 12.1 Å². The zero-order valence-electron chi connectivity index (χ0n) is 16.7. The molecule has 0 aliphatic carbocycles. The Morgan fingerprint density at radius 1 is 1.07 bits per heavy atom. The van der Waals surface area contributed by atoms with Gasteiger partial charge in [0, 0.05) is 31.8 Å². The second-order valence-corrected chi connectivity index (χ2v) is 8.21. The summed E-state index contributed by atoms with van der Waals surface area (Å²) in [5.41, 5.74) is 1.95. The number of likely N-dealkylation sites (tertiary alicyclic amines) is 1. The molecule has 1 saturated heterocycles. The van der Waals surface area contributed by atoms with Crippen LogP contribution < -0.4 is 4.74 Å². The Morgan fingerprint density at radius 2 is 1.90 bits per heavy atom. The maximum atomic E-state index is 6.12. The molecule has 1 fully saturated rings. The number of benzene rings is 3. The summed E-state index contributed by atoms with van der Waals surface area (Å²) in [5.74, 6) is 0.854. The highest BCUT2D eigenvalue weighted by atomic mass is 35.5. The summed E-state index contributed by atoms with van der Waals surface area (Å²) in [7, 11) is 1.78. The van der Waals surface area contributed by atoms with Gasteiger partial charge in [-0.1, -0.05) is 66.7 Å². The summed E-state index contributed by atoms with van der Waals surface area (Å²) in [6, 6.07) is 23.1. The zero-order valence-corrected chi connectivity index (χ0v) is 17.5. The van der Waals surface area contributed by atoms with Crippen LogP contribution in [0.4, 0.5) is 0 Å². The molecule has 1 aliphatic rings. The van der Waals surface area contributed by atoms with E-state index >= 15 is 0 Å². The molecule has 0 aromatic heterocycles. The summed E-state index contributed by atoms with van der Waals surface area (Å²) in [6.45, 7) is 6.76. The number of methoxy groups -OCH3 is 1. The fourth-order valence-corrected chi connectivity index (χ4v) is 4.29. The van der Waals surface area contributed by atoms with E-state index < -0.39 is 0 Å². The minimum atomic E-state index is -0.339. The molecule has 1 atom stereocenters. The van der Waals surface area contributed by atoms with Crippen LogP contribution in [0, 0.1) is 0 Å². The quantitative estimate of drug-likeness (QED) is 0.500. The Kier molecular flexibility index (Phi) is 5.91. The van der Waals surface area contributed by atoms with Crippen LogP contribution in [0.25, 0.3) is 10.8 Å². The van der Waals surface area contributed by atoms with Crippen LogP contribution >= 0.6 is 11.6 Å². The molecular formula is C25H26ClNO2. The fourth-order valence-electron chi connectivity index (χ4n) is 4.12. The second-order valence-electron chi connectivity index (χ2n) is 7.67. The third kappa shape index (κ3) is 4.48. The molecule has 0 N–H and O–H groups in total. The average molecular weight is 408 g/mol. The van der Waals surface area contributed by atoms with Crippen LogP contribution in [0.1, 0.15) is 17.5 Å². The van der Waals surface area contributed by atoms with Gasteiger partial charge >= 0.3 is 0 Å². The predicted octanol–water partition coefficient (Wildman–Crippen LogP) is 5.72. The number of halogens is 1. The standard InChI is InChI=1S/C25H26ClNO2/c1-19(26)16-27-13-12-25(18-27,28-2)23-8-5-9-24(15-23)29-17-20-10-11-21-6-3-4-7-22(21)14-20/h3-11,14-15H,1,12-13,16-18H2,2H3. The fraction of sp³-hybridized carbons (Fsp3) is 0.280. The molecule has 0 spiro atoms. The molecule has 29 heavy (non-hydrogen) atoms. The van der Waals surface area contributed by atoms with Crippen molar-refractivity contribution < 1.29 is 9.47 Å². The lowest BCUT2D eigenvalue weighted by Crippen LogP contribution is -2.33. The number of ether oxygens (including phenoxy) is 2. The lowest BCUT2D eigenvalue weighted by atomic mass is 9.92. The highest BCUT2D eigenvalue weighted by molar-refractivity contribution is 6.29. The van der Waals surface area contributed by atoms with Crippen molar-refractivity contribution in [2.75, 3.05) is 26.7 Å². The van der Waals surface area contributed by atoms with E-state index in [0.717, 1.165) is 36.4 Å². The third-order valence-electron chi connectivity index (χ3n) is 5.68. The van der Waals surface area contributed by atoms with E-state index in [2.05, 4.69) is 66.1 Å². The molecule has 150 valence electrons. The van der Waals surface area contributed by atoms with E-state index in [4.69, 9.17) is 21.1 Å². The first-order valence-electron chi connectivity index (χ1n) is 9.90. The summed E-state index contributed by atoms with van der Waals surface area (Å²) < 4.78 is 12.1. The van der Waals surface area contributed by atoms with Gasteiger partial charge in [-0.2, -0.15) is 0 Å². The van der Waals surface area contributed by atoms with Crippen LogP contribution in [-0.4, -0.2) is 31.6 Å². The van der Waals surface area contributed by atoms with Crippen molar-refractivity contribution in [2.45, 2.75) is 18.6 Å². The van der Waals surface area contributed by atoms with Gasteiger partial charge in [-0.05, 0) is 46.5 Å². The van der Waals surface area contributed by atoms with Crippen molar-refractivity contribution >= 4 is 22.4 Å². The van der Waals surface area contributed by atoms with E-state index in [9.17, 15) is 0 Å². The summed E-state index contributed by atoms with van der Waals surface area (Å²) in [5, 5.41) is 3.13. The van der Waals surface area contributed by atoms with Crippen LogP contribution in [-0.2, 0) is 16.9 Å². The minimum Gasteiger partial charge on any atom is -0.489 e. The normalized spacial score (nSPS) is 19.5. The molecule has 4 rings (SSSR count). The van der Waals surface area contributed by atoms with E-state index in [1.54, 1.807) is 7.11 Å². The number of fused-ring (bicyclic) bond motifs is 1. The van der Waals surface area contributed by atoms with Crippen molar-refractivity contribution in [3.05, 3.63) is 89.5 Å². The van der Waals surface area contributed by atoms with Crippen LogP contribution in [0.15, 0.2) is 78.3 Å². The van der Waals surface area contributed by atoms with Gasteiger partial charge in [0.25, 0.3) is 0 Å². The lowest BCUT2D eigenvalue weighted by molar-refractivity contribution is -0.00525. The van der Waals surface area contributed by atoms with Crippen molar-refractivity contribution in [3.8, 4) is 5.75 Å². The highest BCUT2D eigenvalue weighted by Crippen LogP contribution is 2.37. The summed E-state index contributed by atoms with van der Waals surface area (Å²) in [6.07, 6.45) is 0.918. The Balaban J connectivity index is 1.48. The van der Waals surface area contributed by atoms with Crippen LogP contribution in [0.2, 0.25) is 0 Å². The third-order valence-corrected chi connectivity index (χ3v) is 5.80. The van der Waals surface area contributed by atoms with Gasteiger partial charge < -0.3 is 9.47 Å². The van der Waals surface area contributed by atoms with E-state index in [-0.39, 0.29) is 5.60 Å². The molecule has 3 aromatic carbocycles.